The summed E-state index contributed by atoms with van der Waals surface area (Å²) < 4.78 is 11.4. The minimum atomic E-state index is -0.0243. The molecule has 0 amide bonds. The standard InChI is InChI=1S/C14H15NO2/c1-2-3-13-9-17-14(10-16-13)12-6-4-11(8-15)5-7-12/h2,4-7,13-14H,1,3,9-10H2. The fourth-order valence-electron chi connectivity index (χ4n) is 1.83. The SMILES string of the molecule is C=CCC1COC(c2ccc(C#N)cc2)CO1. The van der Waals surface area contributed by atoms with Gasteiger partial charge in [0.2, 0.25) is 0 Å². The van der Waals surface area contributed by atoms with Crippen LogP contribution < -0.4 is 0 Å². The van der Waals surface area contributed by atoms with Crippen LogP contribution in [-0.2, 0) is 9.47 Å². The van der Waals surface area contributed by atoms with Crippen molar-refractivity contribution in [2.24, 2.45) is 0 Å². The summed E-state index contributed by atoms with van der Waals surface area (Å²) >= 11 is 0. The molecular formula is C14H15NO2. The van der Waals surface area contributed by atoms with E-state index in [1.54, 1.807) is 12.1 Å². The van der Waals surface area contributed by atoms with Gasteiger partial charge in [0.05, 0.1) is 31.0 Å². The summed E-state index contributed by atoms with van der Waals surface area (Å²) in [7, 11) is 0. The molecule has 1 aromatic rings. The third-order valence-electron chi connectivity index (χ3n) is 2.81. The van der Waals surface area contributed by atoms with E-state index in [-0.39, 0.29) is 12.2 Å². The molecule has 1 aliphatic heterocycles. The van der Waals surface area contributed by atoms with Crippen molar-refractivity contribution < 1.29 is 9.47 Å². The summed E-state index contributed by atoms with van der Waals surface area (Å²) in [6, 6.07) is 9.53. The number of hydrogen-bond acceptors (Lipinski definition) is 3. The fourth-order valence-corrected chi connectivity index (χ4v) is 1.83. The molecule has 3 nitrogen and oxygen atoms in total. The predicted octanol–water partition coefficient (Wildman–Crippen LogP) is 2.59. The van der Waals surface area contributed by atoms with E-state index < -0.39 is 0 Å². The van der Waals surface area contributed by atoms with Gasteiger partial charge in [0.15, 0.2) is 0 Å². The van der Waals surface area contributed by atoms with Crippen LogP contribution in [0.2, 0.25) is 0 Å². The molecule has 0 bridgehead atoms. The van der Waals surface area contributed by atoms with E-state index in [0.717, 1.165) is 12.0 Å². The first-order valence-corrected chi connectivity index (χ1v) is 5.67. The number of nitriles is 1. The maximum absolute atomic E-state index is 8.72. The molecule has 88 valence electrons. The van der Waals surface area contributed by atoms with Crippen molar-refractivity contribution in [3.05, 3.63) is 48.0 Å². The lowest BCUT2D eigenvalue weighted by atomic mass is 10.1. The normalized spacial score (nSPS) is 23.9. The third-order valence-corrected chi connectivity index (χ3v) is 2.81. The molecule has 1 saturated heterocycles. The van der Waals surface area contributed by atoms with Crippen LogP contribution in [0.25, 0.3) is 0 Å². The first-order chi connectivity index (χ1) is 8.33. The average Bonchev–Trinajstić information content (AvgIpc) is 2.40. The summed E-state index contributed by atoms with van der Waals surface area (Å²) in [5.74, 6) is 0. The highest BCUT2D eigenvalue weighted by atomic mass is 16.6. The molecule has 17 heavy (non-hydrogen) atoms. The predicted molar refractivity (Wildman–Crippen MR) is 64.4 cm³/mol. The fraction of sp³-hybridized carbons (Fsp3) is 0.357. The molecule has 2 unspecified atom stereocenters. The number of ether oxygens (including phenoxy) is 2. The van der Waals surface area contributed by atoms with Gasteiger partial charge >= 0.3 is 0 Å². The van der Waals surface area contributed by atoms with Crippen LogP contribution in [0, 0.1) is 11.3 Å². The molecule has 0 saturated carbocycles. The second-order valence-corrected chi connectivity index (χ2v) is 4.04. The van der Waals surface area contributed by atoms with Gasteiger partial charge in [0, 0.05) is 0 Å². The molecule has 0 aromatic heterocycles. The summed E-state index contributed by atoms with van der Waals surface area (Å²) in [6.45, 7) is 4.84. The lowest BCUT2D eigenvalue weighted by molar-refractivity contribution is -0.133. The molecule has 2 atom stereocenters. The molecule has 1 heterocycles. The second-order valence-electron chi connectivity index (χ2n) is 4.04. The quantitative estimate of drug-likeness (QED) is 0.748. The van der Waals surface area contributed by atoms with E-state index in [2.05, 4.69) is 12.6 Å². The van der Waals surface area contributed by atoms with Crippen molar-refractivity contribution in [2.45, 2.75) is 18.6 Å². The molecule has 2 rings (SSSR count). The zero-order chi connectivity index (χ0) is 12.1. The average molecular weight is 229 g/mol. The molecule has 0 radical (unpaired) electrons. The zero-order valence-corrected chi connectivity index (χ0v) is 9.63. The van der Waals surface area contributed by atoms with Crippen molar-refractivity contribution in [3.8, 4) is 6.07 Å². The van der Waals surface area contributed by atoms with Gasteiger partial charge in [-0.15, -0.1) is 6.58 Å². The maximum Gasteiger partial charge on any atom is 0.106 e. The number of nitrogens with zero attached hydrogens (tertiary/aromatic N) is 1. The summed E-state index contributed by atoms with van der Waals surface area (Å²) in [5, 5.41) is 8.72. The van der Waals surface area contributed by atoms with Gasteiger partial charge in [-0.3, -0.25) is 0 Å². The van der Waals surface area contributed by atoms with Gasteiger partial charge in [-0.2, -0.15) is 5.26 Å². The second kappa shape index (κ2) is 5.62. The Morgan fingerprint density at radius 2 is 2.06 bits per heavy atom. The van der Waals surface area contributed by atoms with Crippen LogP contribution in [0.5, 0.6) is 0 Å². The van der Waals surface area contributed by atoms with E-state index in [1.807, 2.05) is 18.2 Å². The van der Waals surface area contributed by atoms with E-state index in [4.69, 9.17) is 14.7 Å². The summed E-state index contributed by atoms with van der Waals surface area (Å²) in [5.41, 5.74) is 1.72. The van der Waals surface area contributed by atoms with Gasteiger partial charge in [0.25, 0.3) is 0 Å². The smallest absolute Gasteiger partial charge is 0.106 e. The first kappa shape index (κ1) is 11.8. The van der Waals surface area contributed by atoms with Gasteiger partial charge in [0.1, 0.15) is 6.10 Å². The van der Waals surface area contributed by atoms with E-state index in [9.17, 15) is 0 Å². The highest BCUT2D eigenvalue weighted by Crippen LogP contribution is 2.24. The Balaban J connectivity index is 1.96. The first-order valence-electron chi connectivity index (χ1n) is 5.67. The summed E-state index contributed by atoms with van der Waals surface area (Å²) in [4.78, 5) is 0. The van der Waals surface area contributed by atoms with Crippen molar-refractivity contribution in [1.29, 1.82) is 5.26 Å². The van der Waals surface area contributed by atoms with Crippen LogP contribution in [0.4, 0.5) is 0 Å². The van der Waals surface area contributed by atoms with Crippen molar-refractivity contribution >= 4 is 0 Å². The number of hydrogen-bond donors (Lipinski definition) is 0. The largest absolute Gasteiger partial charge is 0.372 e. The van der Waals surface area contributed by atoms with Gasteiger partial charge < -0.3 is 9.47 Å². The Labute approximate surface area is 101 Å². The monoisotopic (exact) mass is 229 g/mol. The minimum Gasteiger partial charge on any atom is -0.372 e. The lowest BCUT2D eigenvalue weighted by Gasteiger charge is -2.29. The molecule has 1 aromatic carbocycles. The van der Waals surface area contributed by atoms with Gasteiger partial charge in [-0.25, -0.2) is 0 Å². The Kier molecular flexibility index (Phi) is 3.92. The molecule has 0 N–H and O–H groups in total. The van der Waals surface area contributed by atoms with Crippen molar-refractivity contribution in [3.63, 3.8) is 0 Å². The van der Waals surface area contributed by atoms with Crippen molar-refractivity contribution in [2.75, 3.05) is 13.2 Å². The molecule has 3 heteroatoms. The van der Waals surface area contributed by atoms with Gasteiger partial charge in [-0.05, 0) is 24.1 Å². The maximum atomic E-state index is 8.72. The Morgan fingerprint density at radius 1 is 1.29 bits per heavy atom. The molecule has 0 aliphatic carbocycles. The van der Waals surface area contributed by atoms with Gasteiger partial charge in [-0.1, -0.05) is 18.2 Å². The lowest BCUT2D eigenvalue weighted by Crippen LogP contribution is -2.30. The van der Waals surface area contributed by atoms with Crippen LogP contribution in [0.3, 0.4) is 0 Å². The zero-order valence-electron chi connectivity index (χ0n) is 9.63. The molecule has 1 aliphatic rings. The molecule has 1 fully saturated rings. The van der Waals surface area contributed by atoms with Crippen LogP contribution in [-0.4, -0.2) is 19.3 Å². The minimum absolute atomic E-state index is 0.0243. The Hall–Kier alpha value is -1.63. The topological polar surface area (TPSA) is 42.2 Å². The highest BCUT2D eigenvalue weighted by Gasteiger charge is 2.22. The Bertz CT molecular complexity index is 411. The number of benzene rings is 1. The molecule has 0 spiro atoms. The molecular weight excluding hydrogens is 214 g/mol. The van der Waals surface area contributed by atoms with Crippen LogP contribution in [0.1, 0.15) is 23.7 Å². The van der Waals surface area contributed by atoms with Crippen LogP contribution in [0.15, 0.2) is 36.9 Å². The number of rotatable bonds is 3. The van der Waals surface area contributed by atoms with Crippen LogP contribution >= 0.6 is 0 Å². The van der Waals surface area contributed by atoms with Crippen molar-refractivity contribution in [1.82, 2.24) is 0 Å². The third kappa shape index (κ3) is 2.94. The highest BCUT2D eigenvalue weighted by molar-refractivity contribution is 5.32. The summed E-state index contributed by atoms with van der Waals surface area (Å²) in [6.07, 6.45) is 2.77. The van der Waals surface area contributed by atoms with E-state index in [1.165, 1.54) is 0 Å². The van der Waals surface area contributed by atoms with E-state index >= 15 is 0 Å². The van der Waals surface area contributed by atoms with E-state index in [0.29, 0.717) is 18.8 Å². The Morgan fingerprint density at radius 3 is 2.59 bits per heavy atom.